The van der Waals surface area contributed by atoms with Gasteiger partial charge in [0.2, 0.25) is 12.2 Å². The number of halogens is 2. The van der Waals surface area contributed by atoms with Gasteiger partial charge in [-0.1, -0.05) is 32.6 Å². The third kappa shape index (κ3) is 4.31. The molecule has 132 valence electrons. The van der Waals surface area contributed by atoms with E-state index in [4.69, 9.17) is 32.7 Å². The maximum Gasteiger partial charge on any atom is 0.416 e. The summed E-state index contributed by atoms with van der Waals surface area (Å²) in [4.78, 5) is 21.9. The number of hydrogen-bond donors (Lipinski definition) is 1. The number of amides is 2. The fourth-order valence-corrected chi connectivity index (χ4v) is 4.41. The summed E-state index contributed by atoms with van der Waals surface area (Å²) in [5, 5.41) is 2.10. The Kier molecular flexibility index (Phi) is 6.20. The number of carbonyl (C=O) groups is 2. The highest BCUT2D eigenvalue weighted by Gasteiger charge is 2.72. The maximum absolute atomic E-state index is 11.6. The lowest BCUT2D eigenvalue weighted by atomic mass is 9.75. The van der Waals surface area contributed by atoms with Crippen LogP contribution in [0.25, 0.3) is 0 Å². The molecular weight excluding hydrogens is 341 g/mol. The first-order chi connectivity index (χ1) is 10.8. The summed E-state index contributed by atoms with van der Waals surface area (Å²) < 4.78 is 10.9. The van der Waals surface area contributed by atoms with Gasteiger partial charge in [-0.3, -0.25) is 10.1 Å². The SMILES string of the molecule is CCCCCC[C@@]1(Cl)C[C@H](Cl)CC[C@@]12OC2OC(=O)NC(C)=O. The molecule has 4 atom stereocenters. The molecule has 1 heterocycles. The van der Waals surface area contributed by atoms with Crippen LogP contribution >= 0.6 is 23.2 Å². The molecule has 1 aliphatic carbocycles. The van der Waals surface area contributed by atoms with Crippen LogP contribution in [0.3, 0.4) is 0 Å². The molecule has 5 nitrogen and oxygen atoms in total. The number of alkyl carbamates (subject to hydrolysis) is 1. The molecule has 2 aliphatic rings. The second kappa shape index (κ2) is 7.58. The Morgan fingerprint density at radius 3 is 2.74 bits per heavy atom. The van der Waals surface area contributed by atoms with Crippen LogP contribution in [-0.2, 0) is 14.3 Å². The third-order valence-corrected chi connectivity index (χ3v) is 5.73. The number of carbonyl (C=O) groups excluding carboxylic acids is 2. The molecule has 7 heteroatoms. The predicted octanol–water partition coefficient (Wildman–Crippen LogP) is 4.09. The van der Waals surface area contributed by atoms with Crippen LogP contribution < -0.4 is 5.32 Å². The summed E-state index contributed by atoms with van der Waals surface area (Å²) in [5.41, 5.74) is -0.666. The lowest BCUT2D eigenvalue weighted by Gasteiger charge is -2.39. The number of nitrogens with one attached hydrogen (secondary N) is 1. The number of rotatable bonds is 6. The molecular formula is C16H25Cl2NO4. The average molecular weight is 366 g/mol. The molecule has 1 aliphatic heterocycles. The van der Waals surface area contributed by atoms with Crippen molar-refractivity contribution in [2.45, 2.75) is 87.4 Å². The van der Waals surface area contributed by atoms with Gasteiger partial charge < -0.3 is 9.47 Å². The van der Waals surface area contributed by atoms with Gasteiger partial charge in [0.15, 0.2) is 5.60 Å². The van der Waals surface area contributed by atoms with Crippen LogP contribution in [0.1, 0.15) is 65.2 Å². The van der Waals surface area contributed by atoms with Crippen molar-refractivity contribution in [2.75, 3.05) is 0 Å². The van der Waals surface area contributed by atoms with Crippen LogP contribution in [0.15, 0.2) is 0 Å². The number of imide groups is 1. The summed E-state index contributed by atoms with van der Waals surface area (Å²) >= 11 is 13.2. The lowest BCUT2D eigenvalue weighted by molar-refractivity contribution is -0.118. The minimum atomic E-state index is -0.794. The van der Waals surface area contributed by atoms with E-state index < -0.39 is 28.8 Å². The summed E-state index contributed by atoms with van der Waals surface area (Å²) in [5.74, 6) is -0.467. The second-order valence-electron chi connectivity index (χ2n) is 6.54. The Morgan fingerprint density at radius 1 is 1.35 bits per heavy atom. The zero-order valence-corrected chi connectivity index (χ0v) is 15.2. The van der Waals surface area contributed by atoms with E-state index in [9.17, 15) is 9.59 Å². The van der Waals surface area contributed by atoms with Gasteiger partial charge in [-0.25, -0.2) is 4.79 Å². The molecule has 0 aromatic heterocycles. The quantitative estimate of drug-likeness (QED) is 0.437. The van der Waals surface area contributed by atoms with E-state index in [1.54, 1.807) is 0 Å². The standard InChI is InChI=1S/C16H25Cl2NO4/c1-3-4-5-6-8-15(18)10-12(17)7-9-16(15)13(23-16)22-14(21)19-11(2)20/h12-13H,3-10H2,1-2H3,(H,19,20,21)/t12-,13?,15-,16+/m1/s1. The van der Waals surface area contributed by atoms with Crippen LogP contribution in [0, 0.1) is 0 Å². The Morgan fingerprint density at radius 2 is 2.09 bits per heavy atom. The monoisotopic (exact) mass is 365 g/mol. The molecule has 2 fully saturated rings. The summed E-state index contributed by atoms with van der Waals surface area (Å²) in [6.07, 6.45) is 5.81. The highest BCUT2D eigenvalue weighted by atomic mass is 35.5. The second-order valence-corrected chi connectivity index (χ2v) is 7.88. The molecule has 0 aromatic rings. The molecule has 0 aromatic carbocycles. The summed E-state index contributed by atoms with van der Waals surface area (Å²) in [6, 6.07) is 0. The van der Waals surface area contributed by atoms with Crippen LogP contribution in [0.4, 0.5) is 4.79 Å². The van der Waals surface area contributed by atoms with E-state index in [0.29, 0.717) is 12.8 Å². The van der Waals surface area contributed by atoms with E-state index in [-0.39, 0.29) is 5.38 Å². The normalized spacial score (nSPS) is 35.8. The van der Waals surface area contributed by atoms with Gasteiger partial charge in [-0.05, 0) is 25.7 Å². The first kappa shape index (κ1) is 18.8. The van der Waals surface area contributed by atoms with Crippen molar-refractivity contribution in [3.63, 3.8) is 0 Å². The number of hydrogen-bond acceptors (Lipinski definition) is 4. The molecule has 1 saturated carbocycles. The Labute approximate surface area is 147 Å². The van der Waals surface area contributed by atoms with Gasteiger partial charge >= 0.3 is 6.09 Å². The van der Waals surface area contributed by atoms with Crippen molar-refractivity contribution in [1.29, 1.82) is 0 Å². The summed E-state index contributed by atoms with van der Waals surface area (Å²) in [7, 11) is 0. The molecule has 1 saturated heterocycles. The zero-order chi connectivity index (χ0) is 17.1. The molecule has 1 spiro atoms. The molecule has 23 heavy (non-hydrogen) atoms. The maximum atomic E-state index is 11.6. The minimum Gasteiger partial charge on any atom is -0.416 e. The van der Waals surface area contributed by atoms with E-state index in [0.717, 1.165) is 32.1 Å². The highest BCUT2D eigenvalue weighted by molar-refractivity contribution is 6.27. The van der Waals surface area contributed by atoms with Crippen molar-refractivity contribution in [3.8, 4) is 0 Å². The minimum absolute atomic E-state index is 0.0141. The van der Waals surface area contributed by atoms with Gasteiger partial charge in [0.05, 0.1) is 4.87 Å². The highest BCUT2D eigenvalue weighted by Crippen LogP contribution is 2.60. The Balaban J connectivity index is 1.97. The van der Waals surface area contributed by atoms with Crippen molar-refractivity contribution in [1.82, 2.24) is 5.32 Å². The van der Waals surface area contributed by atoms with E-state index >= 15 is 0 Å². The smallest absolute Gasteiger partial charge is 0.416 e. The Hall–Kier alpha value is -0.520. The fourth-order valence-electron chi connectivity index (χ4n) is 3.41. The molecule has 2 rings (SSSR count). The molecule has 0 radical (unpaired) electrons. The predicted molar refractivity (Wildman–Crippen MR) is 88.7 cm³/mol. The van der Waals surface area contributed by atoms with Gasteiger partial charge in [0.25, 0.3) is 0 Å². The first-order valence-corrected chi connectivity index (χ1v) is 9.13. The van der Waals surface area contributed by atoms with Crippen molar-refractivity contribution in [3.05, 3.63) is 0 Å². The van der Waals surface area contributed by atoms with Crippen LogP contribution in [-0.4, -0.2) is 34.1 Å². The molecule has 1 N–H and O–H groups in total. The van der Waals surface area contributed by atoms with Crippen LogP contribution in [0.5, 0.6) is 0 Å². The third-order valence-electron chi connectivity index (χ3n) is 4.69. The lowest BCUT2D eigenvalue weighted by Crippen LogP contribution is -2.48. The van der Waals surface area contributed by atoms with E-state index in [1.165, 1.54) is 13.3 Å². The van der Waals surface area contributed by atoms with Gasteiger partial charge in [0, 0.05) is 12.3 Å². The van der Waals surface area contributed by atoms with Crippen molar-refractivity contribution < 1.29 is 19.1 Å². The first-order valence-electron chi connectivity index (χ1n) is 8.32. The Bertz CT molecular complexity index is 461. The van der Waals surface area contributed by atoms with Gasteiger partial charge in [-0.2, -0.15) is 0 Å². The zero-order valence-electron chi connectivity index (χ0n) is 13.7. The topological polar surface area (TPSA) is 67.9 Å². The molecule has 0 bridgehead atoms. The number of unbranched alkanes of at least 4 members (excludes halogenated alkanes) is 3. The number of epoxide rings is 1. The fraction of sp³-hybridized carbons (Fsp3) is 0.875. The van der Waals surface area contributed by atoms with Gasteiger partial charge in [0.1, 0.15) is 0 Å². The molecule has 2 amide bonds. The largest absolute Gasteiger partial charge is 0.416 e. The molecule has 1 unspecified atom stereocenters. The number of ether oxygens (including phenoxy) is 2. The van der Waals surface area contributed by atoms with Gasteiger partial charge in [-0.15, -0.1) is 23.2 Å². The van der Waals surface area contributed by atoms with E-state index in [2.05, 4.69) is 12.2 Å². The summed E-state index contributed by atoms with van der Waals surface area (Å²) in [6.45, 7) is 3.41. The van der Waals surface area contributed by atoms with Crippen molar-refractivity contribution >= 4 is 35.2 Å². The number of alkyl halides is 2. The van der Waals surface area contributed by atoms with E-state index in [1.807, 2.05) is 0 Å². The van der Waals surface area contributed by atoms with Crippen molar-refractivity contribution in [2.24, 2.45) is 0 Å². The van der Waals surface area contributed by atoms with Crippen LogP contribution in [0.2, 0.25) is 0 Å². The average Bonchev–Trinajstić information content (AvgIpc) is 3.13.